The van der Waals surface area contributed by atoms with Gasteiger partial charge < -0.3 is 9.88 Å². The summed E-state index contributed by atoms with van der Waals surface area (Å²) in [5.74, 6) is 1.36. The molecule has 0 bridgehead atoms. The van der Waals surface area contributed by atoms with Gasteiger partial charge in [0, 0.05) is 28.5 Å². The molecule has 4 nitrogen and oxygen atoms in total. The molecule has 0 unspecified atom stereocenters. The molecule has 2 heterocycles. The Kier molecular flexibility index (Phi) is 3.44. The molecule has 1 N–H and O–H groups in total. The molecule has 0 aliphatic rings. The molecule has 112 valence electrons. The van der Waals surface area contributed by atoms with E-state index in [0.717, 1.165) is 27.4 Å². The SMILES string of the molecule is Clc1ccc2c(ccn2-c2ccnc(Nc3ccccc3)n2)c1. The van der Waals surface area contributed by atoms with Crippen molar-refractivity contribution in [2.24, 2.45) is 0 Å². The van der Waals surface area contributed by atoms with Crippen molar-refractivity contribution in [2.45, 2.75) is 0 Å². The van der Waals surface area contributed by atoms with Gasteiger partial charge in [-0.05, 0) is 42.5 Å². The number of anilines is 2. The molecule has 5 heteroatoms. The number of fused-ring (bicyclic) bond motifs is 1. The normalized spacial score (nSPS) is 10.8. The summed E-state index contributed by atoms with van der Waals surface area (Å²) in [7, 11) is 0. The van der Waals surface area contributed by atoms with E-state index in [1.54, 1.807) is 6.20 Å². The number of benzene rings is 2. The molecular weight excluding hydrogens is 308 g/mol. The van der Waals surface area contributed by atoms with Gasteiger partial charge in [0.25, 0.3) is 0 Å². The molecule has 2 aromatic carbocycles. The molecule has 0 saturated heterocycles. The van der Waals surface area contributed by atoms with E-state index < -0.39 is 0 Å². The van der Waals surface area contributed by atoms with Crippen LogP contribution >= 0.6 is 11.6 Å². The van der Waals surface area contributed by atoms with E-state index in [9.17, 15) is 0 Å². The molecule has 0 aliphatic heterocycles. The molecule has 2 aromatic heterocycles. The summed E-state index contributed by atoms with van der Waals surface area (Å²) in [5, 5.41) is 5.01. The van der Waals surface area contributed by atoms with E-state index in [-0.39, 0.29) is 0 Å². The first-order valence-electron chi connectivity index (χ1n) is 7.22. The number of halogens is 1. The van der Waals surface area contributed by atoms with Crippen LogP contribution in [0.2, 0.25) is 5.02 Å². The Morgan fingerprint density at radius 3 is 2.70 bits per heavy atom. The smallest absolute Gasteiger partial charge is 0.229 e. The minimum atomic E-state index is 0.560. The van der Waals surface area contributed by atoms with Crippen LogP contribution in [0.1, 0.15) is 0 Å². The third-order valence-electron chi connectivity index (χ3n) is 3.57. The molecule has 0 radical (unpaired) electrons. The summed E-state index contributed by atoms with van der Waals surface area (Å²) in [6.07, 6.45) is 3.73. The maximum atomic E-state index is 6.04. The average Bonchev–Trinajstić information content (AvgIpc) is 2.99. The molecule has 0 spiro atoms. The molecule has 0 atom stereocenters. The Bertz CT molecular complexity index is 963. The van der Waals surface area contributed by atoms with E-state index in [1.165, 1.54) is 0 Å². The summed E-state index contributed by atoms with van der Waals surface area (Å²) in [6, 6.07) is 19.6. The van der Waals surface area contributed by atoms with Crippen LogP contribution in [0.5, 0.6) is 0 Å². The minimum absolute atomic E-state index is 0.560. The van der Waals surface area contributed by atoms with Gasteiger partial charge in [0.1, 0.15) is 5.82 Å². The summed E-state index contributed by atoms with van der Waals surface area (Å²) in [6.45, 7) is 0. The first-order valence-corrected chi connectivity index (χ1v) is 7.59. The molecular formula is C18H13ClN4. The lowest BCUT2D eigenvalue weighted by Crippen LogP contribution is -2.01. The average molecular weight is 321 g/mol. The fourth-order valence-corrected chi connectivity index (χ4v) is 2.69. The summed E-state index contributed by atoms with van der Waals surface area (Å²) >= 11 is 6.04. The van der Waals surface area contributed by atoms with Crippen molar-refractivity contribution in [1.82, 2.24) is 14.5 Å². The lowest BCUT2D eigenvalue weighted by molar-refractivity contribution is 1.02. The number of nitrogens with zero attached hydrogens (tertiary/aromatic N) is 3. The molecule has 0 aliphatic carbocycles. The Hall–Kier alpha value is -2.85. The second kappa shape index (κ2) is 5.74. The minimum Gasteiger partial charge on any atom is -0.324 e. The lowest BCUT2D eigenvalue weighted by atomic mass is 10.2. The van der Waals surface area contributed by atoms with E-state index in [1.807, 2.05) is 71.4 Å². The maximum Gasteiger partial charge on any atom is 0.229 e. The van der Waals surface area contributed by atoms with Crippen LogP contribution in [0.25, 0.3) is 16.7 Å². The van der Waals surface area contributed by atoms with E-state index in [0.29, 0.717) is 5.95 Å². The van der Waals surface area contributed by atoms with Crippen molar-refractivity contribution >= 4 is 34.1 Å². The lowest BCUT2D eigenvalue weighted by Gasteiger charge is -2.08. The highest BCUT2D eigenvalue weighted by atomic mass is 35.5. The molecule has 0 amide bonds. The zero-order chi connectivity index (χ0) is 15.6. The van der Waals surface area contributed by atoms with E-state index >= 15 is 0 Å². The Labute approximate surface area is 138 Å². The zero-order valence-corrected chi connectivity index (χ0v) is 12.9. The largest absolute Gasteiger partial charge is 0.324 e. The van der Waals surface area contributed by atoms with Crippen molar-refractivity contribution in [1.29, 1.82) is 0 Å². The summed E-state index contributed by atoms with van der Waals surface area (Å²) in [5.41, 5.74) is 2.01. The van der Waals surface area contributed by atoms with Crippen molar-refractivity contribution in [3.63, 3.8) is 0 Å². The van der Waals surface area contributed by atoms with Gasteiger partial charge in [-0.3, -0.25) is 0 Å². The van der Waals surface area contributed by atoms with Crippen molar-refractivity contribution < 1.29 is 0 Å². The number of hydrogen-bond acceptors (Lipinski definition) is 3. The zero-order valence-electron chi connectivity index (χ0n) is 12.1. The maximum absolute atomic E-state index is 6.04. The summed E-state index contributed by atoms with van der Waals surface area (Å²) < 4.78 is 2.02. The van der Waals surface area contributed by atoms with Crippen LogP contribution in [0.15, 0.2) is 73.1 Å². The van der Waals surface area contributed by atoms with Gasteiger partial charge in [0.15, 0.2) is 0 Å². The third-order valence-corrected chi connectivity index (χ3v) is 3.81. The topological polar surface area (TPSA) is 42.7 Å². The Balaban J connectivity index is 1.73. The van der Waals surface area contributed by atoms with Crippen LogP contribution in [0.3, 0.4) is 0 Å². The van der Waals surface area contributed by atoms with Gasteiger partial charge in [-0.1, -0.05) is 29.8 Å². The predicted octanol–water partition coefficient (Wildman–Crippen LogP) is 4.82. The van der Waals surface area contributed by atoms with Crippen LogP contribution in [0, 0.1) is 0 Å². The van der Waals surface area contributed by atoms with Crippen LogP contribution in [0.4, 0.5) is 11.6 Å². The molecule has 4 aromatic rings. The molecule has 23 heavy (non-hydrogen) atoms. The van der Waals surface area contributed by atoms with E-state index in [4.69, 9.17) is 11.6 Å². The van der Waals surface area contributed by atoms with Crippen molar-refractivity contribution in [2.75, 3.05) is 5.32 Å². The second-order valence-electron chi connectivity index (χ2n) is 5.12. The van der Waals surface area contributed by atoms with E-state index in [2.05, 4.69) is 15.3 Å². The van der Waals surface area contributed by atoms with Crippen LogP contribution in [-0.2, 0) is 0 Å². The van der Waals surface area contributed by atoms with Crippen molar-refractivity contribution in [3.05, 3.63) is 78.1 Å². The quantitative estimate of drug-likeness (QED) is 0.588. The van der Waals surface area contributed by atoms with Crippen molar-refractivity contribution in [3.8, 4) is 5.82 Å². The van der Waals surface area contributed by atoms with Gasteiger partial charge in [-0.2, -0.15) is 4.98 Å². The standard InChI is InChI=1S/C18H13ClN4/c19-14-6-7-16-13(12-14)9-11-23(16)17-8-10-20-18(22-17)21-15-4-2-1-3-5-15/h1-12H,(H,20,21,22). The molecule has 0 saturated carbocycles. The number of para-hydroxylation sites is 1. The number of rotatable bonds is 3. The Morgan fingerprint density at radius 1 is 0.957 bits per heavy atom. The molecule has 0 fully saturated rings. The van der Waals surface area contributed by atoms with Gasteiger partial charge in [0.2, 0.25) is 5.95 Å². The second-order valence-corrected chi connectivity index (χ2v) is 5.55. The monoisotopic (exact) mass is 320 g/mol. The first kappa shape index (κ1) is 13.8. The highest BCUT2D eigenvalue weighted by molar-refractivity contribution is 6.31. The van der Waals surface area contributed by atoms with Crippen LogP contribution in [-0.4, -0.2) is 14.5 Å². The predicted molar refractivity (Wildman–Crippen MR) is 93.6 cm³/mol. The highest BCUT2D eigenvalue weighted by Gasteiger charge is 2.06. The van der Waals surface area contributed by atoms with Gasteiger partial charge in [-0.15, -0.1) is 0 Å². The highest BCUT2D eigenvalue weighted by Crippen LogP contribution is 2.23. The van der Waals surface area contributed by atoms with Crippen LogP contribution < -0.4 is 5.32 Å². The number of aromatic nitrogens is 3. The van der Waals surface area contributed by atoms with Gasteiger partial charge in [-0.25, -0.2) is 4.98 Å². The third kappa shape index (κ3) is 2.76. The van der Waals surface area contributed by atoms with Gasteiger partial charge >= 0.3 is 0 Å². The Morgan fingerprint density at radius 2 is 1.83 bits per heavy atom. The number of hydrogen-bond donors (Lipinski definition) is 1. The fraction of sp³-hybridized carbons (Fsp3) is 0. The summed E-state index contributed by atoms with van der Waals surface area (Å²) in [4.78, 5) is 8.87. The first-order chi connectivity index (χ1) is 11.3. The number of nitrogens with one attached hydrogen (secondary N) is 1. The molecule has 4 rings (SSSR count). The fourth-order valence-electron chi connectivity index (χ4n) is 2.51. The van der Waals surface area contributed by atoms with Gasteiger partial charge in [0.05, 0.1) is 5.52 Å².